The number of benzene rings is 1. The quantitative estimate of drug-likeness (QED) is 0.861. The number of hydrogen-bond donors (Lipinski definition) is 1. The SMILES string of the molecule is CC(C)(C)OC(=O)N1CCC(C#N)(c2cc(F)ccc2O)CC1. The highest BCUT2D eigenvalue weighted by molar-refractivity contribution is 5.68. The van der Waals surface area contributed by atoms with Gasteiger partial charge in [-0.05, 0) is 51.8 Å². The van der Waals surface area contributed by atoms with E-state index in [1.165, 1.54) is 17.0 Å². The van der Waals surface area contributed by atoms with E-state index in [9.17, 15) is 19.6 Å². The topological polar surface area (TPSA) is 73.6 Å². The van der Waals surface area contributed by atoms with Crippen LogP contribution in [0.25, 0.3) is 0 Å². The van der Waals surface area contributed by atoms with Crippen LogP contribution in [0.15, 0.2) is 18.2 Å². The third kappa shape index (κ3) is 3.73. The molecule has 5 nitrogen and oxygen atoms in total. The Morgan fingerprint density at radius 2 is 2.00 bits per heavy atom. The van der Waals surface area contributed by atoms with Crippen LogP contribution >= 0.6 is 0 Å². The van der Waals surface area contributed by atoms with Gasteiger partial charge in [0.05, 0.1) is 11.5 Å². The highest BCUT2D eigenvalue weighted by atomic mass is 19.1. The van der Waals surface area contributed by atoms with Crippen molar-refractivity contribution in [3.63, 3.8) is 0 Å². The average molecular weight is 320 g/mol. The summed E-state index contributed by atoms with van der Waals surface area (Å²) in [6.45, 7) is 6.01. The van der Waals surface area contributed by atoms with Gasteiger partial charge in [-0.1, -0.05) is 0 Å². The van der Waals surface area contributed by atoms with Gasteiger partial charge in [-0.15, -0.1) is 0 Å². The molecule has 1 fully saturated rings. The molecule has 6 heteroatoms. The zero-order valence-corrected chi connectivity index (χ0v) is 13.6. The minimum Gasteiger partial charge on any atom is -0.508 e. The van der Waals surface area contributed by atoms with E-state index in [1.807, 2.05) is 0 Å². The van der Waals surface area contributed by atoms with Gasteiger partial charge < -0.3 is 14.7 Å². The standard InChI is InChI=1S/C17H21FN2O3/c1-16(2,3)23-15(22)20-8-6-17(11-19,7-9-20)13-10-12(18)4-5-14(13)21/h4-5,10,21H,6-9H2,1-3H3. The van der Waals surface area contributed by atoms with Crippen molar-refractivity contribution in [2.75, 3.05) is 13.1 Å². The molecule has 0 spiro atoms. The number of carbonyl (C=O) groups excluding carboxylic acids is 1. The second-order valence-corrected chi connectivity index (χ2v) is 6.82. The fraction of sp³-hybridized carbons (Fsp3) is 0.529. The molecule has 0 unspecified atom stereocenters. The molecular weight excluding hydrogens is 299 g/mol. The van der Waals surface area contributed by atoms with Gasteiger partial charge in [-0.25, -0.2) is 9.18 Å². The summed E-state index contributed by atoms with van der Waals surface area (Å²) in [5.74, 6) is -0.597. The average Bonchev–Trinajstić information content (AvgIpc) is 2.48. The lowest BCUT2D eigenvalue weighted by Crippen LogP contribution is -2.46. The van der Waals surface area contributed by atoms with E-state index in [-0.39, 0.29) is 11.3 Å². The molecule has 1 aromatic rings. The van der Waals surface area contributed by atoms with E-state index in [0.29, 0.717) is 25.9 Å². The number of phenols is 1. The lowest BCUT2D eigenvalue weighted by molar-refractivity contribution is 0.0184. The van der Waals surface area contributed by atoms with E-state index < -0.39 is 22.9 Å². The predicted octanol–water partition coefficient (Wildman–Crippen LogP) is 3.32. The number of rotatable bonds is 1. The van der Waals surface area contributed by atoms with Crippen LogP contribution in [0.2, 0.25) is 0 Å². The maximum Gasteiger partial charge on any atom is 0.410 e. The first kappa shape index (κ1) is 17.1. The molecular formula is C17H21FN2O3. The third-order valence-corrected chi connectivity index (χ3v) is 3.96. The molecule has 1 amide bonds. The van der Waals surface area contributed by atoms with Crippen molar-refractivity contribution in [3.8, 4) is 11.8 Å². The van der Waals surface area contributed by atoms with Crippen molar-refractivity contribution in [1.29, 1.82) is 5.26 Å². The van der Waals surface area contributed by atoms with Gasteiger partial charge in [-0.3, -0.25) is 0 Å². The van der Waals surface area contributed by atoms with Crippen molar-refractivity contribution in [2.45, 2.75) is 44.6 Å². The minimum atomic E-state index is -0.995. The maximum absolute atomic E-state index is 13.5. The summed E-state index contributed by atoms with van der Waals surface area (Å²) in [5, 5.41) is 19.6. The summed E-state index contributed by atoms with van der Waals surface area (Å²) in [7, 11) is 0. The lowest BCUT2D eigenvalue weighted by atomic mass is 9.73. The Labute approximate surface area is 135 Å². The number of aromatic hydroxyl groups is 1. The lowest BCUT2D eigenvalue weighted by Gasteiger charge is -2.38. The smallest absolute Gasteiger partial charge is 0.410 e. The van der Waals surface area contributed by atoms with Gasteiger partial charge in [0.15, 0.2) is 0 Å². The van der Waals surface area contributed by atoms with Crippen LogP contribution in [0.4, 0.5) is 9.18 Å². The van der Waals surface area contributed by atoms with Crippen LogP contribution in [0.5, 0.6) is 5.75 Å². The molecule has 1 saturated heterocycles. The van der Waals surface area contributed by atoms with Crippen molar-refractivity contribution >= 4 is 6.09 Å². The van der Waals surface area contributed by atoms with Crippen LogP contribution < -0.4 is 0 Å². The Hall–Kier alpha value is -2.29. The van der Waals surface area contributed by atoms with Crippen LogP contribution in [0.3, 0.4) is 0 Å². The number of nitrogens with zero attached hydrogens (tertiary/aromatic N) is 2. The van der Waals surface area contributed by atoms with Crippen molar-refractivity contribution in [2.24, 2.45) is 0 Å². The van der Waals surface area contributed by atoms with Gasteiger partial charge in [0.2, 0.25) is 0 Å². The van der Waals surface area contributed by atoms with Crippen LogP contribution in [-0.4, -0.2) is 34.8 Å². The number of carbonyl (C=O) groups is 1. The van der Waals surface area contributed by atoms with Crippen molar-refractivity contribution in [1.82, 2.24) is 4.90 Å². The first-order chi connectivity index (χ1) is 10.7. The fourth-order valence-corrected chi connectivity index (χ4v) is 2.73. The largest absolute Gasteiger partial charge is 0.508 e. The normalized spacial score (nSPS) is 17.4. The number of halogens is 1. The summed E-state index contributed by atoms with van der Waals surface area (Å²) in [6, 6.07) is 5.81. The number of nitriles is 1. The highest BCUT2D eigenvalue weighted by Gasteiger charge is 2.40. The second kappa shape index (κ2) is 6.07. The molecule has 0 aliphatic carbocycles. The monoisotopic (exact) mass is 320 g/mol. The molecule has 1 heterocycles. The minimum absolute atomic E-state index is 0.0985. The Morgan fingerprint density at radius 3 is 2.52 bits per heavy atom. The Bertz CT molecular complexity index is 638. The zero-order chi connectivity index (χ0) is 17.3. The number of amides is 1. The van der Waals surface area contributed by atoms with Gasteiger partial charge in [-0.2, -0.15) is 5.26 Å². The van der Waals surface area contributed by atoms with E-state index in [0.717, 1.165) is 6.07 Å². The molecule has 1 N–H and O–H groups in total. The van der Waals surface area contributed by atoms with E-state index in [4.69, 9.17) is 4.74 Å². The molecule has 0 bridgehead atoms. The molecule has 0 aromatic heterocycles. The second-order valence-electron chi connectivity index (χ2n) is 6.82. The summed E-state index contributed by atoms with van der Waals surface area (Å²) in [4.78, 5) is 13.6. The number of piperidine rings is 1. The molecule has 1 aliphatic rings. The summed E-state index contributed by atoms with van der Waals surface area (Å²) >= 11 is 0. The fourth-order valence-electron chi connectivity index (χ4n) is 2.73. The zero-order valence-electron chi connectivity index (χ0n) is 13.6. The van der Waals surface area contributed by atoms with Gasteiger partial charge >= 0.3 is 6.09 Å². The van der Waals surface area contributed by atoms with E-state index in [2.05, 4.69) is 6.07 Å². The predicted molar refractivity (Wildman–Crippen MR) is 82.4 cm³/mol. The molecule has 124 valence electrons. The molecule has 23 heavy (non-hydrogen) atoms. The van der Waals surface area contributed by atoms with Crippen molar-refractivity contribution in [3.05, 3.63) is 29.6 Å². The highest BCUT2D eigenvalue weighted by Crippen LogP contribution is 2.40. The Balaban J connectivity index is 2.16. The number of phenolic OH excluding ortho intramolecular Hbond substituents is 1. The molecule has 0 radical (unpaired) electrons. The first-order valence-corrected chi connectivity index (χ1v) is 7.55. The van der Waals surface area contributed by atoms with Crippen LogP contribution in [0.1, 0.15) is 39.2 Å². The molecule has 0 saturated carbocycles. The number of hydrogen-bond acceptors (Lipinski definition) is 4. The molecule has 1 aromatic carbocycles. The van der Waals surface area contributed by atoms with Gasteiger partial charge in [0, 0.05) is 18.7 Å². The maximum atomic E-state index is 13.5. The molecule has 1 aliphatic heterocycles. The number of likely N-dealkylation sites (tertiary alicyclic amines) is 1. The number of ether oxygens (including phenoxy) is 1. The van der Waals surface area contributed by atoms with Gasteiger partial charge in [0.1, 0.15) is 17.2 Å². The molecule has 2 rings (SSSR count). The van der Waals surface area contributed by atoms with Crippen molar-refractivity contribution < 1.29 is 19.0 Å². The van der Waals surface area contributed by atoms with Crippen LogP contribution in [0, 0.1) is 17.1 Å². The molecule has 0 atom stereocenters. The summed E-state index contributed by atoms with van der Waals surface area (Å²) in [6.07, 6.45) is 0.215. The Morgan fingerprint density at radius 1 is 1.39 bits per heavy atom. The Kier molecular flexibility index (Phi) is 4.51. The third-order valence-electron chi connectivity index (χ3n) is 3.96. The van der Waals surface area contributed by atoms with Gasteiger partial charge in [0.25, 0.3) is 0 Å². The van der Waals surface area contributed by atoms with E-state index >= 15 is 0 Å². The first-order valence-electron chi connectivity index (χ1n) is 7.55. The van der Waals surface area contributed by atoms with Crippen LogP contribution in [-0.2, 0) is 10.2 Å². The van der Waals surface area contributed by atoms with E-state index in [1.54, 1.807) is 20.8 Å². The summed E-state index contributed by atoms with van der Waals surface area (Å²) in [5.41, 5.74) is -1.30. The summed E-state index contributed by atoms with van der Waals surface area (Å²) < 4.78 is 18.8.